The van der Waals surface area contributed by atoms with Crippen molar-refractivity contribution in [2.75, 3.05) is 33.2 Å². The van der Waals surface area contributed by atoms with E-state index in [4.69, 9.17) is 0 Å². The van der Waals surface area contributed by atoms with Gasteiger partial charge >= 0.3 is 0 Å². The number of nitrogens with one attached hydrogen (secondary N) is 1. The maximum atomic E-state index is 3.92. The quantitative estimate of drug-likeness (QED) is 0.829. The summed E-state index contributed by atoms with van der Waals surface area (Å²) >= 11 is 0. The topological polar surface area (TPSA) is 18.5 Å². The molecular formula is C15H31N3. The number of nitrogens with zero attached hydrogens (tertiary/aromatic N) is 2. The van der Waals surface area contributed by atoms with Crippen LogP contribution in [0, 0.1) is 0 Å². The van der Waals surface area contributed by atoms with Gasteiger partial charge in [-0.1, -0.05) is 0 Å². The largest absolute Gasteiger partial charge is 0.311 e. The molecule has 0 radical (unpaired) electrons. The average molecular weight is 253 g/mol. The Hall–Kier alpha value is -0.120. The highest BCUT2D eigenvalue weighted by molar-refractivity contribution is 4.83. The lowest BCUT2D eigenvalue weighted by atomic mass is 10.0. The van der Waals surface area contributed by atoms with Crippen LogP contribution in [0.15, 0.2) is 0 Å². The molecule has 106 valence electrons. The molecule has 0 amide bonds. The van der Waals surface area contributed by atoms with E-state index >= 15 is 0 Å². The van der Waals surface area contributed by atoms with Crippen LogP contribution in [-0.2, 0) is 0 Å². The summed E-state index contributed by atoms with van der Waals surface area (Å²) in [4.78, 5) is 5.09. The van der Waals surface area contributed by atoms with Gasteiger partial charge in [-0.05, 0) is 79.2 Å². The van der Waals surface area contributed by atoms with E-state index in [2.05, 4.69) is 36.0 Å². The van der Waals surface area contributed by atoms with E-state index < -0.39 is 0 Å². The van der Waals surface area contributed by atoms with Crippen molar-refractivity contribution in [3.05, 3.63) is 0 Å². The van der Waals surface area contributed by atoms with Crippen LogP contribution in [0.2, 0.25) is 0 Å². The van der Waals surface area contributed by atoms with E-state index in [1.165, 1.54) is 58.3 Å². The van der Waals surface area contributed by atoms with Crippen LogP contribution < -0.4 is 5.32 Å². The van der Waals surface area contributed by atoms with Crippen LogP contribution in [0.3, 0.4) is 0 Å². The summed E-state index contributed by atoms with van der Waals surface area (Å²) in [6.45, 7) is 9.74. The third-order valence-electron chi connectivity index (χ3n) is 4.68. The molecule has 2 rings (SSSR count). The number of hydrogen-bond donors (Lipinski definition) is 1. The third kappa shape index (κ3) is 4.22. The molecule has 2 aliphatic rings. The molecule has 3 heteroatoms. The van der Waals surface area contributed by atoms with Gasteiger partial charge in [-0.3, -0.25) is 0 Å². The smallest absolute Gasteiger partial charge is 0.00940 e. The highest BCUT2D eigenvalue weighted by Crippen LogP contribution is 2.16. The minimum absolute atomic E-state index is 0.720. The van der Waals surface area contributed by atoms with E-state index in [1.54, 1.807) is 0 Å². The fourth-order valence-corrected chi connectivity index (χ4v) is 3.32. The van der Waals surface area contributed by atoms with Gasteiger partial charge < -0.3 is 15.1 Å². The van der Waals surface area contributed by atoms with Gasteiger partial charge in [0.25, 0.3) is 0 Å². The lowest BCUT2D eigenvalue weighted by Crippen LogP contribution is -2.48. The van der Waals surface area contributed by atoms with Gasteiger partial charge in [0.2, 0.25) is 0 Å². The van der Waals surface area contributed by atoms with E-state index in [1.807, 2.05) is 0 Å². The SMILES string of the molecule is CC(C)N1CCC(NC2CCCN(C)CC2)CC1. The van der Waals surface area contributed by atoms with Gasteiger partial charge in [-0.15, -0.1) is 0 Å². The van der Waals surface area contributed by atoms with Gasteiger partial charge in [0, 0.05) is 18.1 Å². The zero-order valence-electron chi connectivity index (χ0n) is 12.5. The molecule has 18 heavy (non-hydrogen) atoms. The van der Waals surface area contributed by atoms with Crippen molar-refractivity contribution < 1.29 is 0 Å². The maximum Gasteiger partial charge on any atom is 0.00940 e. The number of likely N-dealkylation sites (tertiary alicyclic amines) is 2. The first-order chi connectivity index (χ1) is 8.65. The minimum Gasteiger partial charge on any atom is -0.311 e. The zero-order chi connectivity index (χ0) is 13.0. The molecule has 1 unspecified atom stereocenters. The maximum absolute atomic E-state index is 3.92. The number of hydrogen-bond acceptors (Lipinski definition) is 3. The summed E-state index contributed by atoms with van der Waals surface area (Å²) in [6.07, 6.45) is 6.74. The van der Waals surface area contributed by atoms with Gasteiger partial charge in [-0.2, -0.15) is 0 Å². The Bertz CT molecular complexity index is 234. The molecule has 2 heterocycles. The molecule has 0 aliphatic carbocycles. The summed E-state index contributed by atoms with van der Waals surface area (Å²) in [5.74, 6) is 0. The van der Waals surface area contributed by atoms with E-state index in [9.17, 15) is 0 Å². The van der Waals surface area contributed by atoms with Crippen LogP contribution >= 0.6 is 0 Å². The number of rotatable bonds is 3. The lowest BCUT2D eigenvalue weighted by molar-refractivity contribution is 0.155. The van der Waals surface area contributed by atoms with Crippen molar-refractivity contribution in [1.82, 2.24) is 15.1 Å². The van der Waals surface area contributed by atoms with Crippen molar-refractivity contribution in [3.63, 3.8) is 0 Å². The second-order valence-corrected chi connectivity index (χ2v) is 6.50. The average Bonchev–Trinajstić information content (AvgIpc) is 2.55. The third-order valence-corrected chi connectivity index (χ3v) is 4.68. The van der Waals surface area contributed by atoms with Crippen LogP contribution in [0.5, 0.6) is 0 Å². The predicted molar refractivity (Wildman–Crippen MR) is 78.0 cm³/mol. The van der Waals surface area contributed by atoms with E-state index in [0.29, 0.717) is 0 Å². The zero-order valence-corrected chi connectivity index (χ0v) is 12.5. The van der Waals surface area contributed by atoms with Gasteiger partial charge in [0.1, 0.15) is 0 Å². The summed E-state index contributed by atoms with van der Waals surface area (Å²) < 4.78 is 0. The van der Waals surface area contributed by atoms with Crippen molar-refractivity contribution in [3.8, 4) is 0 Å². The molecule has 0 aromatic carbocycles. The monoisotopic (exact) mass is 253 g/mol. The Labute approximate surface area is 113 Å². The number of piperidine rings is 1. The van der Waals surface area contributed by atoms with E-state index in [0.717, 1.165) is 18.1 Å². The summed E-state index contributed by atoms with van der Waals surface area (Å²) in [7, 11) is 2.25. The molecule has 0 bridgehead atoms. The van der Waals surface area contributed by atoms with Crippen LogP contribution in [0.1, 0.15) is 46.0 Å². The first kappa shape index (κ1) is 14.3. The molecule has 2 fully saturated rings. The standard InChI is InChI=1S/C15H31N3/c1-13(2)18-11-7-15(8-12-18)16-14-5-4-9-17(3)10-6-14/h13-16H,4-12H2,1-3H3. The van der Waals surface area contributed by atoms with Crippen LogP contribution in [0.25, 0.3) is 0 Å². The Morgan fingerprint density at radius 3 is 2.17 bits per heavy atom. The Balaban J connectivity index is 1.71. The Morgan fingerprint density at radius 1 is 0.889 bits per heavy atom. The lowest BCUT2D eigenvalue weighted by Gasteiger charge is -2.36. The first-order valence-electron chi connectivity index (χ1n) is 7.84. The van der Waals surface area contributed by atoms with Crippen molar-refractivity contribution >= 4 is 0 Å². The molecule has 3 nitrogen and oxygen atoms in total. The van der Waals surface area contributed by atoms with Crippen molar-refractivity contribution in [2.24, 2.45) is 0 Å². The molecule has 2 saturated heterocycles. The summed E-state index contributed by atoms with van der Waals surface area (Å²) in [6, 6.07) is 2.26. The van der Waals surface area contributed by atoms with Crippen LogP contribution in [-0.4, -0.2) is 61.2 Å². The fourth-order valence-electron chi connectivity index (χ4n) is 3.32. The van der Waals surface area contributed by atoms with Crippen molar-refractivity contribution in [1.29, 1.82) is 0 Å². The predicted octanol–water partition coefficient (Wildman–Crippen LogP) is 1.93. The molecular weight excluding hydrogens is 222 g/mol. The van der Waals surface area contributed by atoms with Crippen LogP contribution in [0.4, 0.5) is 0 Å². The normalized spacial score (nSPS) is 29.7. The molecule has 0 aromatic rings. The molecule has 1 atom stereocenters. The van der Waals surface area contributed by atoms with Crippen molar-refractivity contribution in [2.45, 2.75) is 64.1 Å². The molecule has 0 saturated carbocycles. The highest BCUT2D eigenvalue weighted by Gasteiger charge is 2.23. The molecule has 1 N–H and O–H groups in total. The minimum atomic E-state index is 0.720. The second-order valence-electron chi connectivity index (χ2n) is 6.50. The summed E-state index contributed by atoms with van der Waals surface area (Å²) in [5.41, 5.74) is 0. The fraction of sp³-hybridized carbons (Fsp3) is 1.00. The Morgan fingerprint density at radius 2 is 1.50 bits per heavy atom. The second kappa shape index (κ2) is 6.88. The summed E-state index contributed by atoms with van der Waals surface area (Å²) in [5, 5.41) is 3.92. The van der Waals surface area contributed by atoms with Gasteiger partial charge in [0.05, 0.1) is 0 Å². The van der Waals surface area contributed by atoms with Gasteiger partial charge in [0.15, 0.2) is 0 Å². The molecule has 0 spiro atoms. The van der Waals surface area contributed by atoms with Gasteiger partial charge in [-0.25, -0.2) is 0 Å². The molecule has 2 aliphatic heterocycles. The molecule has 0 aromatic heterocycles. The highest BCUT2D eigenvalue weighted by atomic mass is 15.2. The first-order valence-corrected chi connectivity index (χ1v) is 7.84. The Kier molecular flexibility index (Phi) is 5.46. The van der Waals surface area contributed by atoms with E-state index in [-0.39, 0.29) is 0 Å².